The number of hydrogen-bond acceptors (Lipinski definition) is 2. The standard InChI is InChI=1S/C11H22N2/c1-7-6-8(2)10-11(9(7)3)13-5-4-12-10/h7-13H,4-6H2,1-3H3. The Hall–Kier alpha value is -0.0800. The molecule has 1 aliphatic carbocycles. The van der Waals surface area contributed by atoms with Crippen LogP contribution in [0, 0.1) is 17.8 Å². The van der Waals surface area contributed by atoms with Crippen LogP contribution in [0.3, 0.4) is 0 Å². The van der Waals surface area contributed by atoms with Gasteiger partial charge in [-0.2, -0.15) is 0 Å². The van der Waals surface area contributed by atoms with E-state index >= 15 is 0 Å². The summed E-state index contributed by atoms with van der Waals surface area (Å²) >= 11 is 0. The first-order valence-electron chi connectivity index (χ1n) is 5.67. The van der Waals surface area contributed by atoms with Gasteiger partial charge in [-0.05, 0) is 24.2 Å². The molecule has 13 heavy (non-hydrogen) atoms. The van der Waals surface area contributed by atoms with Crippen LogP contribution < -0.4 is 10.6 Å². The third-order valence-corrected chi connectivity index (χ3v) is 4.09. The van der Waals surface area contributed by atoms with Crippen molar-refractivity contribution in [2.45, 2.75) is 39.3 Å². The third-order valence-electron chi connectivity index (χ3n) is 4.09. The highest BCUT2D eigenvalue weighted by Crippen LogP contribution is 2.34. The van der Waals surface area contributed by atoms with Gasteiger partial charge < -0.3 is 10.6 Å². The molecule has 1 saturated carbocycles. The lowest BCUT2D eigenvalue weighted by molar-refractivity contribution is 0.0973. The fourth-order valence-corrected chi connectivity index (χ4v) is 3.10. The zero-order valence-corrected chi connectivity index (χ0v) is 9.01. The fraction of sp³-hybridized carbons (Fsp3) is 1.00. The van der Waals surface area contributed by atoms with Crippen molar-refractivity contribution in [1.82, 2.24) is 10.6 Å². The highest BCUT2D eigenvalue weighted by atomic mass is 15.1. The second kappa shape index (κ2) is 3.58. The first kappa shape index (κ1) is 9.47. The Balaban J connectivity index is 2.10. The van der Waals surface area contributed by atoms with Crippen molar-refractivity contribution in [3.63, 3.8) is 0 Å². The summed E-state index contributed by atoms with van der Waals surface area (Å²) in [6.07, 6.45) is 1.39. The van der Waals surface area contributed by atoms with Crippen molar-refractivity contribution >= 4 is 0 Å². The predicted octanol–water partition coefficient (Wildman–Crippen LogP) is 1.23. The summed E-state index contributed by atoms with van der Waals surface area (Å²) in [6, 6.07) is 1.44. The molecule has 2 rings (SSSR count). The van der Waals surface area contributed by atoms with E-state index in [1.54, 1.807) is 0 Å². The number of hydrogen-bond donors (Lipinski definition) is 2. The molecule has 1 heterocycles. The number of rotatable bonds is 0. The zero-order valence-electron chi connectivity index (χ0n) is 9.01. The Morgan fingerprint density at radius 3 is 2.15 bits per heavy atom. The molecular weight excluding hydrogens is 160 g/mol. The van der Waals surface area contributed by atoms with Gasteiger partial charge in [-0.25, -0.2) is 0 Å². The van der Waals surface area contributed by atoms with Crippen molar-refractivity contribution in [3.05, 3.63) is 0 Å². The van der Waals surface area contributed by atoms with Crippen LogP contribution in [0.25, 0.3) is 0 Å². The van der Waals surface area contributed by atoms with Crippen LogP contribution in [0.5, 0.6) is 0 Å². The fourth-order valence-electron chi connectivity index (χ4n) is 3.10. The molecule has 0 aromatic heterocycles. The highest BCUT2D eigenvalue weighted by Gasteiger charge is 2.39. The molecule has 0 amide bonds. The second-order valence-electron chi connectivity index (χ2n) is 5.01. The lowest BCUT2D eigenvalue weighted by Gasteiger charge is -2.47. The molecule has 2 fully saturated rings. The molecule has 5 unspecified atom stereocenters. The van der Waals surface area contributed by atoms with Crippen LogP contribution in [0.1, 0.15) is 27.2 Å². The monoisotopic (exact) mass is 182 g/mol. The van der Waals surface area contributed by atoms with Crippen molar-refractivity contribution in [1.29, 1.82) is 0 Å². The predicted molar refractivity (Wildman–Crippen MR) is 55.7 cm³/mol. The van der Waals surface area contributed by atoms with Crippen LogP contribution in [0.2, 0.25) is 0 Å². The maximum atomic E-state index is 3.67. The van der Waals surface area contributed by atoms with Crippen molar-refractivity contribution in [2.24, 2.45) is 17.8 Å². The summed E-state index contributed by atoms with van der Waals surface area (Å²) in [7, 11) is 0. The van der Waals surface area contributed by atoms with E-state index in [0.717, 1.165) is 36.9 Å². The minimum Gasteiger partial charge on any atom is -0.311 e. The van der Waals surface area contributed by atoms with Gasteiger partial charge in [-0.1, -0.05) is 20.8 Å². The number of piperazine rings is 1. The summed E-state index contributed by atoms with van der Waals surface area (Å²) in [5.74, 6) is 2.54. The van der Waals surface area contributed by atoms with Gasteiger partial charge in [0, 0.05) is 25.2 Å². The smallest absolute Gasteiger partial charge is 0.0252 e. The molecule has 0 aromatic rings. The summed E-state index contributed by atoms with van der Waals surface area (Å²) in [5, 5.41) is 7.33. The molecule has 2 heteroatoms. The van der Waals surface area contributed by atoms with Crippen LogP contribution in [0.15, 0.2) is 0 Å². The van der Waals surface area contributed by atoms with E-state index in [2.05, 4.69) is 31.4 Å². The Bertz CT molecular complexity index is 181. The van der Waals surface area contributed by atoms with E-state index in [1.807, 2.05) is 0 Å². The maximum Gasteiger partial charge on any atom is 0.0252 e. The summed E-state index contributed by atoms with van der Waals surface area (Å²) < 4.78 is 0. The lowest BCUT2D eigenvalue weighted by Crippen LogP contribution is -2.64. The number of nitrogens with one attached hydrogen (secondary N) is 2. The average Bonchev–Trinajstić information content (AvgIpc) is 2.15. The van der Waals surface area contributed by atoms with Gasteiger partial charge in [-0.15, -0.1) is 0 Å². The van der Waals surface area contributed by atoms with Gasteiger partial charge in [0.2, 0.25) is 0 Å². The first-order chi connectivity index (χ1) is 6.20. The largest absolute Gasteiger partial charge is 0.311 e. The molecule has 5 atom stereocenters. The normalized spacial score (nSPS) is 51.5. The lowest BCUT2D eigenvalue weighted by atomic mass is 9.69. The number of fused-ring (bicyclic) bond motifs is 1. The molecule has 0 radical (unpaired) electrons. The maximum absolute atomic E-state index is 3.67. The Morgan fingerprint density at radius 1 is 0.846 bits per heavy atom. The molecule has 1 saturated heterocycles. The zero-order chi connectivity index (χ0) is 9.42. The van der Waals surface area contributed by atoms with E-state index in [0.29, 0.717) is 6.04 Å². The molecule has 0 aromatic carbocycles. The molecule has 0 bridgehead atoms. The van der Waals surface area contributed by atoms with Gasteiger partial charge in [0.15, 0.2) is 0 Å². The van der Waals surface area contributed by atoms with Crippen LogP contribution in [-0.4, -0.2) is 25.2 Å². The molecule has 2 nitrogen and oxygen atoms in total. The van der Waals surface area contributed by atoms with Crippen LogP contribution in [0.4, 0.5) is 0 Å². The van der Waals surface area contributed by atoms with Gasteiger partial charge in [-0.3, -0.25) is 0 Å². The van der Waals surface area contributed by atoms with Gasteiger partial charge >= 0.3 is 0 Å². The van der Waals surface area contributed by atoms with E-state index in [-0.39, 0.29) is 0 Å². The van der Waals surface area contributed by atoms with Crippen molar-refractivity contribution < 1.29 is 0 Å². The topological polar surface area (TPSA) is 24.1 Å². The molecule has 2 aliphatic rings. The highest BCUT2D eigenvalue weighted by molar-refractivity contribution is 4.98. The van der Waals surface area contributed by atoms with Gasteiger partial charge in [0.1, 0.15) is 0 Å². The van der Waals surface area contributed by atoms with Crippen molar-refractivity contribution in [3.8, 4) is 0 Å². The van der Waals surface area contributed by atoms with Crippen molar-refractivity contribution in [2.75, 3.05) is 13.1 Å². The minimum absolute atomic E-state index is 0.715. The second-order valence-corrected chi connectivity index (χ2v) is 5.01. The van der Waals surface area contributed by atoms with Gasteiger partial charge in [0.05, 0.1) is 0 Å². The van der Waals surface area contributed by atoms with Gasteiger partial charge in [0.25, 0.3) is 0 Å². The molecule has 1 aliphatic heterocycles. The Kier molecular flexibility index (Phi) is 2.61. The average molecular weight is 182 g/mol. The first-order valence-corrected chi connectivity index (χ1v) is 5.67. The third kappa shape index (κ3) is 1.62. The summed E-state index contributed by atoms with van der Waals surface area (Å²) in [4.78, 5) is 0. The summed E-state index contributed by atoms with van der Waals surface area (Å²) in [6.45, 7) is 9.47. The molecule has 2 N–H and O–H groups in total. The van der Waals surface area contributed by atoms with E-state index in [4.69, 9.17) is 0 Å². The Morgan fingerprint density at radius 2 is 1.46 bits per heavy atom. The molecule has 76 valence electrons. The quantitative estimate of drug-likeness (QED) is 0.589. The van der Waals surface area contributed by atoms with Crippen LogP contribution >= 0.6 is 0 Å². The SMILES string of the molecule is CC1CC(C)C2NCCNC2C1C. The van der Waals surface area contributed by atoms with E-state index < -0.39 is 0 Å². The molecular formula is C11H22N2. The minimum atomic E-state index is 0.715. The van der Waals surface area contributed by atoms with Crippen LogP contribution in [-0.2, 0) is 0 Å². The van der Waals surface area contributed by atoms with E-state index in [1.165, 1.54) is 6.42 Å². The molecule has 0 spiro atoms. The Labute approximate surface area is 81.5 Å². The summed E-state index contributed by atoms with van der Waals surface area (Å²) in [5.41, 5.74) is 0. The van der Waals surface area contributed by atoms with E-state index in [9.17, 15) is 0 Å².